The highest BCUT2D eigenvalue weighted by atomic mass is 79.9. The van der Waals surface area contributed by atoms with Crippen LogP contribution in [0.2, 0.25) is 0 Å². The first-order chi connectivity index (χ1) is 13.5. The number of methoxy groups -OCH3 is 1. The molecule has 1 amide bonds. The van der Waals surface area contributed by atoms with Crippen LogP contribution in [0.4, 0.5) is 11.6 Å². The van der Waals surface area contributed by atoms with Crippen LogP contribution in [0.25, 0.3) is 10.9 Å². The van der Waals surface area contributed by atoms with E-state index in [-0.39, 0.29) is 11.8 Å². The van der Waals surface area contributed by atoms with Crippen molar-refractivity contribution >= 4 is 44.4 Å². The molecule has 1 aliphatic rings. The molecule has 28 heavy (non-hydrogen) atoms. The molecule has 1 aromatic carbocycles. The molecule has 1 N–H and O–H groups in total. The zero-order valence-corrected chi connectivity index (χ0v) is 17.2. The number of aromatic nitrogens is 3. The van der Waals surface area contributed by atoms with E-state index in [4.69, 9.17) is 4.74 Å². The van der Waals surface area contributed by atoms with Crippen LogP contribution >= 0.6 is 15.9 Å². The second-order valence-corrected chi connectivity index (χ2v) is 7.74. The number of hydrogen-bond donors (Lipinski definition) is 1. The molecule has 1 aliphatic carbocycles. The van der Waals surface area contributed by atoms with Gasteiger partial charge >= 0.3 is 0 Å². The maximum atomic E-state index is 12.0. The highest BCUT2D eigenvalue weighted by Crippen LogP contribution is 2.32. The zero-order chi connectivity index (χ0) is 19.7. The van der Waals surface area contributed by atoms with Gasteiger partial charge < -0.3 is 15.0 Å². The average Bonchev–Trinajstić information content (AvgIpc) is 3.54. The van der Waals surface area contributed by atoms with Crippen molar-refractivity contribution in [3.8, 4) is 5.75 Å². The Labute approximate surface area is 171 Å². The Kier molecular flexibility index (Phi) is 5.13. The SMILES string of the molecule is COc1ccc(CN(C)c2ncc(Br)c3cc(NC(=O)C4CC4)nnc23)cc1. The zero-order valence-electron chi connectivity index (χ0n) is 15.6. The average molecular weight is 442 g/mol. The fourth-order valence-electron chi connectivity index (χ4n) is 2.98. The van der Waals surface area contributed by atoms with Crippen molar-refractivity contribution in [1.29, 1.82) is 0 Å². The van der Waals surface area contributed by atoms with Crippen molar-refractivity contribution in [3.05, 3.63) is 46.6 Å². The Balaban J connectivity index is 1.60. The molecule has 144 valence electrons. The van der Waals surface area contributed by atoms with Gasteiger partial charge in [0.25, 0.3) is 0 Å². The van der Waals surface area contributed by atoms with Gasteiger partial charge in [-0.2, -0.15) is 0 Å². The van der Waals surface area contributed by atoms with E-state index < -0.39 is 0 Å². The predicted octanol–water partition coefficient (Wildman–Crippen LogP) is 3.78. The van der Waals surface area contributed by atoms with Gasteiger partial charge in [-0.15, -0.1) is 10.2 Å². The molecule has 0 radical (unpaired) electrons. The van der Waals surface area contributed by atoms with Crippen molar-refractivity contribution in [2.75, 3.05) is 24.4 Å². The molecule has 8 heteroatoms. The largest absolute Gasteiger partial charge is 0.497 e. The number of pyridine rings is 1. The lowest BCUT2D eigenvalue weighted by Gasteiger charge is -2.20. The second kappa shape index (κ2) is 7.71. The van der Waals surface area contributed by atoms with Gasteiger partial charge in [-0.3, -0.25) is 4.79 Å². The molecule has 1 fully saturated rings. The predicted molar refractivity (Wildman–Crippen MR) is 111 cm³/mol. The van der Waals surface area contributed by atoms with E-state index in [1.807, 2.05) is 42.3 Å². The fourth-order valence-corrected chi connectivity index (χ4v) is 3.39. The van der Waals surface area contributed by atoms with Gasteiger partial charge in [0.05, 0.1) is 7.11 Å². The highest BCUT2D eigenvalue weighted by molar-refractivity contribution is 9.10. The summed E-state index contributed by atoms with van der Waals surface area (Å²) in [4.78, 5) is 18.6. The molecule has 7 nitrogen and oxygen atoms in total. The summed E-state index contributed by atoms with van der Waals surface area (Å²) in [6.45, 7) is 0.662. The van der Waals surface area contributed by atoms with E-state index in [0.29, 0.717) is 17.9 Å². The fraction of sp³-hybridized carbons (Fsp3) is 0.300. The Hall–Kier alpha value is -2.74. The van der Waals surface area contributed by atoms with Gasteiger partial charge in [-0.1, -0.05) is 12.1 Å². The normalized spacial score (nSPS) is 13.4. The van der Waals surface area contributed by atoms with Crippen LogP contribution in [0.15, 0.2) is 41.0 Å². The molecular formula is C20H20BrN5O2. The van der Waals surface area contributed by atoms with Crippen LogP contribution in [-0.2, 0) is 11.3 Å². The van der Waals surface area contributed by atoms with Gasteiger partial charge in [0, 0.05) is 35.6 Å². The van der Waals surface area contributed by atoms with E-state index in [1.54, 1.807) is 13.3 Å². The van der Waals surface area contributed by atoms with E-state index in [0.717, 1.165) is 39.8 Å². The molecule has 0 saturated heterocycles. The summed E-state index contributed by atoms with van der Waals surface area (Å²) in [5.41, 5.74) is 1.80. The number of nitrogens with one attached hydrogen (secondary N) is 1. The van der Waals surface area contributed by atoms with Crippen LogP contribution in [0, 0.1) is 5.92 Å². The van der Waals surface area contributed by atoms with Crippen molar-refractivity contribution in [1.82, 2.24) is 15.2 Å². The van der Waals surface area contributed by atoms with Crippen molar-refractivity contribution in [3.63, 3.8) is 0 Å². The third-order valence-electron chi connectivity index (χ3n) is 4.70. The number of ether oxygens (including phenoxy) is 1. The number of fused-ring (bicyclic) bond motifs is 1. The quantitative estimate of drug-likeness (QED) is 0.626. The summed E-state index contributed by atoms with van der Waals surface area (Å²) in [5, 5.41) is 12.2. The molecule has 0 spiro atoms. The highest BCUT2D eigenvalue weighted by Gasteiger charge is 2.30. The number of amides is 1. The van der Waals surface area contributed by atoms with Crippen molar-refractivity contribution in [2.45, 2.75) is 19.4 Å². The number of anilines is 2. The number of rotatable bonds is 6. The summed E-state index contributed by atoms with van der Waals surface area (Å²) in [6, 6.07) is 9.75. The summed E-state index contributed by atoms with van der Waals surface area (Å²) >= 11 is 3.53. The molecule has 2 aromatic heterocycles. The van der Waals surface area contributed by atoms with Crippen LogP contribution < -0.4 is 15.0 Å². The summed E-state index contributed by atoms with van der Waals surface area (Å²) < 4.78 is 6.01. The third kappa shape index (κ3) is 3.91. The molecule has 0 bridgehead atoms. The first kappa shape index (κ1) is 18.6. The van der Waals surface area contributed by atoms with Gasteiger partial charge in [-0.05, 0) is 52.5 Å². The van der Waals surface area contributed by atoms with Crippen LogP contribution in [0.1, 0.15) is 18.4 Å². The minimum absolute atomic E-state index is 0.00989. The van der Waals surface area contributed by atoms with Crippen LogP contribution in [0.3, 0.4) is 0 Å². The molecular weight excluding hydrogens is 422 g/mol. The summed E-state index contributed by atoms with van der Waals surface area (Å²) in [7, 11) is 3.61. The Morgan fingerprint density at radius 3 is 2.71 bits per heavy atom. The molecule has 4 rings (SSSR count). The van der Waals surface area contributed by atoms with Crippen molar-refractivity contribution < 1.29 is 9.53 Å². The molecule has 3 aromatic rings. The van der Waals surface area contributed by atoms with Gasteiger partial charge in [0.2, 0.25) is 5.91 Å². The Bertz CT molecular complexity index is 1020. The third-order valence-corrected chi connectivity index (χ3v) is 5.33. The molecule has 0 aliphatic heterocycles. The van der Waals surface area contributed by atoms with Crippen molar-refractivity contribution in [2.24, 2.45) is 5.92 Å². The van der Waals surface area contributed by atoms with Gasteiger partial charge in [-0.25, -0.2) is 4.98 Å². The minimum Gasteiger partial charge on any atom is -0.497 e. The van der Waals surface area contributed by atoms with Crippen LogP contribution in [-0.4, -0.2) is 35.2 Å². The molecule has 2 heterocycles. The molecule has 0 unspecified atom stereocenters. The Morgan fingerprint density at radius 2 is 2.04 bits per heavy atom. The molecule has 1 saturated carbocycles. The number of nitrogens with zero attached hydrogens (tertiary/aromatic N) is 4. The lowest BCUT2D eigenvalue weighted by molar-refractivity contribution is -0.117. The number of carbonyl (C=O) groups is 1. The maximum Gasteiger partial charge on any atom is 0.228 e. The number of halogens is 1. The minimum atomic E-state index is 0.00989. The maximum absolute atomic E-state index is 12.0. The van der Waals surface area contributed by atoms with Gasteiger partial charge in [0.1, 0.15) is 11.3 Å². The smallest absolute Gasteiger partial charge is 0.228 e. The lowest BCUT2D eigenvalue weighted by atomic mass is 10.2. The van der Waals surface area contributed by atoms with Gasteiger partial charge in [0.15, 0.2) is 11.6 Å². The van der Waals surface area contributed by atoms with E-state index >= 15 is 0 Å². The van der Waals surface area contributed by atoms with E-state index in [9.17, 15) is 4.79 Å². The topological polar surface area (TPSA) is 80.2 Å². The van der Waals surface area contributed by atoms with Crippen LogP contribution in [0.5, 0.6) is 5.75 Å². The second-order valence-electron chi connectivity index (χ2n) is 6.89. The van der Waals surface area contributed by atoms with E-state index in [1.165, 1.54) is 0 Å². The number of benzene rings is 1. The summed E-state index contributed by atoms with van der Waals surface area (Å²) in [6.07, 6.45) is 3.64. The van der Waals surface area contributed by atoms with E-state index in [2.05, 4.69) is 36.4 Å². The Morgan fingerprint density at radius 1 is 1.29 bits per heavy atom. The number of hydrogen-bond acceptors (Lipinski definition) is 6. The standard InChI is InChI=1S/C20H20BrN5O2/c1-26(11-12-3-7-14(28-2)8-4-12)19-18-15(16(21)10-22-19)9-17(24-25-18)23-20(27)13-5-6-13/h3-4,7-10,13H,5-6,11H2,1-2H3,(H,23,24,27). The lowest BCUT2D eigenvalue weighted by Crippen LogP contribution is -2.19. The number of carbonyl (C=O) groups excluding carboxylic acids is 1. The first-order valence-corrected chi connectivity index (χ1v) is 9.81. The summed E-state index contributed by atoms with van der Waals surface area (Å²) in [5.74, 6) is 2.13. The first-order valence-electron chi connectivity index (χ1n) is 9.02. The monoisotopic (exact) mass is 441 g/mol. The molecule has 0 atom stereocenters.